The van der Waals surface area contributed by atoms with Crippen molar-refractivity contribution in [2.45, 2.75) is 44.9 Å². The van der Waals surface area contributed by atoms with E-state index in [1.807, 2.05) is 42.6 Å². The van der Waals surface area contributed by atoms with Crippen molar-refractivity contribution in [2.75, 3.05) is 6.61 Å². The van der Waals surface area contributed by atoms with E-state index in [4.69, 9.17) is 15.9 Å². The summed E-state index contributed by atoms with van der Waals surface area (Å²) in [7, 11) is 0. The normalized spacial score (nSPS) is 14.2. The second-order valence-electron chi connectivity index (χ2n) is 6.23. The number of terminal acetylenes is 1. The van der Waals surface area contributed by atoms with Crippen LogP contribution in [-0.2, 0) is 13.1 Å². The summed E-state index contributed by atoms with van der Waals surface area (Å²) in [5, 5.41) is 3.44. The minimum Gasteiger partial charge on any atom is -0.481 e. The number of hydrogen-bond acceptors (Lipinski definition) is 4. The highest BCUT2D eigenvalue weighted by Gasteiger charge is 2.16. The van der Waals surface area contributed by atoms with E-state index >= 15 is 0 Å². The summed E-state index contributed by atoms with van der Waals surface area (Å²) in [6.07, 6.45) is 12.2. The molecule has 0 radical (unpaired) electrons. The van der Waals surface area contributed by atoms with Crippen LogP contribution < -0.4 is 14.8 Å². The molecule has 0 amide bonds. The minimum atomic E-state index is 0.281. The second kappa shape index (κ2) is 9.10. The van der Waals surface area contributed by atoms with Gasteiger partial charge in [0.1, 0.15) is 18.5 Å². The van der Waals surface area contributed by atoms with E-state index in [0.29, 0.717) is 12.6 Å². The molecule has 1 aromatic heterocycles. The lowest BCUT2D eigenvalue weighted by molar-refractivity contribution is 0.201. The first-order valence-electron chi connectivity index (χ1n) is 8.81. The highest BCUT2D eigenvalue weighted by molar-refractivity contribution is 5.33. The first kappa shape index (κ1) is 17.3. The van der Waals surface area contributed by atoms with Crippen molar-refractivity contribution in [3.63, 3.8) is 0 Å². The van der Waals surface area contributed by atoms with Gasteiger partial charge in [0.2, 0.25) is 5.88 Å². The van der Waals surface area contributed by atoms with Gasteiger partial charge in [-0.25, -0.2) is 4.98 Å². The number of nitrogens with zero attached hydrogens (tertiary/aromatic N) is 1. The molecule has 1 heterocycles. The lowest BCUT2D eigenvalue weighted by Crippen LogP contribution is -2.15. The number of hydrogen-bond donors (Lipinski definition) is 1. The molecule has 2 aromatic rings. The van der Waals surface area contributed by atoms with E-state index in [1.54, 1.807) is 0 Å². The molecule has 25 heavy (non-hydrogen) atoms. The smallest absolute Gasteiger partial charge is 0.213 e. The van der Waals surface area contributed by atoms with Gasteiger partial charge in [-0.1, -0.05) is 24.1 Å². The topological polar surface area (TPSA) is 43.4 Å². The first-order chi connectivity index (χ1) is 12.3. The summed E-state index contributed by atoms with van der Waals surface area (Å²) in [4.78, 5) is 4.33. The molecule has 1 aromatic carbocycles. The van der Waals surface area contributed by atoms with Crippen LogP contribution in [0.4, 0.5) is 0 Å². The number of rotatable bonds is 8. The van der Waals surface area contributed by atoms with Gasteiger partial charge in [-0.15, -0.1) is 6.42 Å². The van der Waals surface area contributed by atoms with E-state index in [-0.39, 0.29) is 6.61 Å². The molecular weight excluding hydrogens is 312 g/mol. The number of para-hydroxylation sites is 1. The number of nitrogens with one attached hydrogen (secondary N) is 1. The Morgan fingerprint density at radius 2 is 2.00 bits per heavy atom. The highest BCUT2D eigenvalue weighted by Crippen LogP contribution is 2.23. The van der Waals surface area contributed by atoms with Gasteiger partial charge in [0, 0.05) is 30.9 Å². The minimum absolute atomic E-state index is 0.281. The number of ether oxygens (including phenoxy) is 2. The summed E-state index contributed by atoms with van der Waals surface area (Å²) < 4.78 is 11.5. The van der Waals surface area contributed by atoms with Crippen LogP contribution in [0.1, 0.15) is 36.8 Å². The zero-order valence-electron chi connectivity index (χ0n) is 14.4. The van der Waals surface area contributed by atoms with Crippen LogP contribution in [0.2, 0.25) is 0 Å². The van der Waals surface area contributed by atoms with Gasteiger partial charge in [0.15, 0.2) is 0 Å². The second-order valence-corrected chi connectivity index (χ2v) is 6.23. The fraction of sp³-hybridized carbons (Fsp3) is 0.381. The summed E-state index contributed by atoms with van der Waals surface area (Å²) >= 11 is 0. The SMILES string of the molecule is C#CCOc1ccccc1CNCc1ccnc(OC2CCCC2)c1. The third-order valence-corrected chi connectivity index (χ3v) is 4.32. The third-order valence-electron chi connectivity index (χ3n) is 4.32. The molecule has 0 aliphatic heterocycles. The summed E-state index contributed by atoms with van der Waals surface area (Å²) in [5.41, 5.74) is 2.25. The van der Waals surface area contributed by atoms with Crippen LogP contribution in [0.5, 0.6) is 11.6 Å². The van der Waals surface area contributed by atoms with Gasteiger partial charge >= 0.3 is 0 Å². The molecule has 130 valence electrons. The molecule has 4 heteroatoms. The zero-order valence-corrected chi connectivity index (χ0v) is 14.4. The van der Waals surface area contributed by atoms with Gasteiger partial charge in [0.05, 0.1) is 0 Å². The Balaban J connectivity index is 1.53. The maximum Gasteiger partial charge on any atom is 0.213 e. The molecule has 1 saturated carbocycles. The van der Waals surface area contributed by atoms with Crippen molar-refractivity contribution in [1.82, 2.24) is 10.3 Å². The van der Waals surface area contributed by atoms with Crippen molar-refractivity contribution in [2.24, 2.45) is 0 Å². The van der Waals surface area contributed by atoms with Gasteiger partial charge < -0.3 is 14.8 Å². The van der Waals surface area contributed by atoms with E-state index in [2.05, 4.69) is 16.2 Å². The molecule has 4 nitrogen and oxygen atoms in total. The quantitative estimate of drug-likeness (QED) is 0.747. The average Bonchev–Trinajstić information content (AvgIpc) is 3.14. The molecule has 1 fully saturated rings. The van der Waals surface area contributed by atoms with Crippen molar-refractivity contribution < 1.29 is 9.47 Å². The third kappa shape index (κ3) is 5.23. The van der Waals surface area contributed by atoms with Crippen molar-refractivity contribution in [1.29, 1.82) is 0 Å². The number of benzene rings is 1. The van der Waals surface area contributed by atoms with Gasteiger partial charge in [-0.3, -0.25) is 0 Å². The summed E-state index contributed by atoms with van der Waals surface area (Å²) in [5.74, 6) is 4.05. The van der Waals surface area contributed by atoms with E-state index in [9.17, 15) is 0 Å². The Hall–Kier alpha value is -2.51. The number of pyridine rings is 1. The Morgan fingerprint density at radius 1 is 1.16 bits per heavy atom. The van der Waals surface area contributed by atoms with Crippen molar-refractivity contribution in [3.8, 4) is 24.0 Å². The summed E-state index contributed by atoms with van der Waals surface area (Å²) in [6, 6.07) is 12.0. The molecule has 0 atom stereocenters. The van der Waals surface area contributed by atoms with Gasteiger partial charge in [0.25, 0.3) is 0 Å². The standard InChI is InChI=1S/C21H24N2O2/c1-2-13-24-20-10-6-3-7-18(20)16-22-15-17-11-12-23-21(14-17)25-19-8-4-5-9-19/h1,3,6-7,10-12,14,19,22H,4-5,8-9,13,15-16H2. The monoisotopic (exact) mass is 336 g/mol. The van der Waals surface area contributed by atoms with Gasteiger partial charge in [-0.05, 0) is 43.4 Å². The average molecular weight is 336 g/mol. The molecule has 0 saturated heterocycles. The molecular formula is C21H24N2O2. The fourth-order valence-electron chi connectivity index (χ4n) is 3.05. The Kier molecular flexibility index (Phi) is 6.30. The molecule has 0 spiro atoms. The van der Waals surface area contributed by atoms with E-state index < -0.39 is 0 Å². The molecule has 1 aliphatic rings. The van der Waals surface area contributed by atoms with Crippen LogP contribution in [0.3, 0.4) is 0 Å². The van der Waals surface area contributed by atoms with Crippen molar-refractivity contribution in [3.05, 3.63) is 53.7 Å². The van der Waals surface area contributed by atoms with E-state index in [1.165, 1.54) is 12.8 Å². The van der Waals surface area contributed by atoms with Crippen LogP contribution >= 0.6 is 0 Å². The van der Waals surface area contributed by atoms with Crippen LogP contribution in [0.15, 0.2) is 42.6 Å². The maximum atomic E-state index is 5.97. The largest absolute Gasteiger partial charge is 0.481 e. The molecule has 1 aliphatic carbocycles. The zero-order chi connectivity index (χ0) is 17.3. The Bertz CT molecular complexity index is 718. The molecule has 1 N–H and O–H groups in total. The van der Waals surface area contributed by atoms with Crippen LogP contribution in [-0.4, -0.2) is 17.7 Å². The predicted molar refractivity (Wildman–Crippen MR) is 98.4 cm³/mol. The Morgan fingerprint density at radius 3 is 2.84 bits per heavy atom. The van der Waals surface area contributed by atoms with Crippen LogP contribution in [0.25, 0.3) is 0 Å². The Labute approximate surface area is 149 Å². The maximum absolute atomic E-state index is 5.97. The molecule has 0 unspecified atom stereocenters. The van der Waals surface area contributed by atoms with E-state index in [0.717, 1.165) is 42.1 Å². The lowest BCUT2D eigenvalue weighted by Gasteiger charge is -2.13. The fourth-order valence-corrected chi connectivity index (χ4v) is 3.05. The summed E-state index contributed by atoms with van der Waals surface area (Å²) in [6.45, 7) is 1.73. The van der Waals surface area contributed by atoms with Crippen LogP contribution in [0, 0.1) is 12.3 Å². The highest BCUT2D eigenvalue weighted by atomic mass is 16.5. The lowest BCUT2D eigenvalue weighted by atomic mass is 10.2. The first-order valence-corrected chi connectivity index (χ1v) is 8.81. The van der Waals surface area contributed by atoms with Crippen molar-refractivity contribution >= 4 is 0 Å². The van der Waals surface area contributed by atoms with Gasteiger partial charge in [-0.2, -0.15) is 0 Å². The number of aromatic nitrogens is 1. The molecule has 3 rings (SSSR count). The predicted octanol–water partition coefficient (Wildman–Crippen LogP) is 3.70. The molecule has 0 bridgehead atoms.